The minimum Gasteiger partial charge on any atom is -0.481 e. The number of aromatic nitrogens is 2. The van der Waals surface area contributed by atoms with Gasteiger partial charge in [0.05, 0.1) is 17.3 Å². The highest BCUT2D eigenvalue weighted by molar-refractivity contribution is 5.95. The average Bonchev–Trinajstić information content (AvgIpc) is 3.07. The van der Waals surface area contributed by atoms with Crippen molar-refractivity contribution in [1.29, 1.82) is 5.26 Å². The Morgan fingerprint density at radius 2 is 1.87 bits per heavy atom. The van der Waals surface area contributed by atoms with Gasteiger partial charge in [-0.3, -0.25) is 14.4 Å². The molecule has 30 heavy (non-hydrogen) atoms. The molecule has 1 amide bonds. The van der Waals surface area contributed by atoms with Crippen LogP contribution in [0.1, 0.15) is 18.2 Å². The van der Waals surface area contributed by atoms with Crippen molar-refractivity contribution in [2.24, 2.45) is 7.05 Å². The smallest absolute Gasteiger partial charge is 0.268 e. The van der Waals surface area contributed by atoms with Crippen molar-refractivity contribution in [2.75, 3.05) is 11.9 Å². The average molecular weight is 408 g/mol. The largest absolute Gasteiger partial charge is 0.481 e. The first-order chi connectivity index (χ1) is 14.3. The van der Waals surface area contributed by atoms with Crippen LogP contribution < -0.4 is 14.4 Å². The molecule has 7 nitrogen and oxygen atoms in total. The van der Waals surface area contributed by atoms with Crippen LogP contribution in [-0.4, -0.2) is 28.8 Å². The van der Waals surface area contributed by atoms with E-state index in [-0.39, 0.29) is 17.2 Å². The summed E-state index contributed by atoms with van der Waals surface area (Å²) in [5, 5.41) is 13.0. The van der Waals surface area contributed by atoms with Gasteiger partial charge in [-0.2, -0.15) is 10.4 Å². The molecule has 0 saturated heterocycles. The zero-order valence-electron chi connectivity index (χ0n) is 17.1. The first kappa shape index (κ1) is 20.9. The number of carbonyl (C=O) groups excluding carboxylic acids is 1. The summed E-state index contributed by atoms with van der Waals surface area (Å²) < 4.78 is 26.8. The third-order valence-electron chi connectivity index (χ3n) is 4.42. The molecule has 0 aliphatic carbocycles. The summed E-state index contributed by atoms with van der Waals surface area (Å²) in [6.07, 6.45) is -0.729. The fraction of sp³-hybridized carbons (Fsp3) is 0.227. The predicted octanol–water partition coefficient (Wildman–Crippen LogP) is 3.96. The molecule has 0 fully saturated rings. The highest BCUT2D eigenvalue weighted by Gasteiger charge is 2.22. The van der Waals surface area contributed by atoms with Gasteiger partial charge in [-0.25, -0.2) is 4.39 Å². The second-order valence-corrected chi connectivity index (χ2v) is 6.76. The number of amides is 1. The highest BCUT2D eigenvalue weighted by Crippen LogP contribution is 2.27. The lowest BCUT2D eigenvalue weighted by Crippen LogP contribution is -2.38. The van der Waals surface area contributed by atoms with Crippen molar-refractivity contribution in [3.8, 4) is 23.3 Å². The van der Waals surface area contributed by atoms with Crippen LogP contribution in [0.25, 0.3) is 0 Å². The van der Waals surface area contributed by atoms with Gasteiger partial charge in [-0.05, 0) is 56.3 Å². The number of likely N-dealkylation sites (N-methyl/N-ethyl adjacent to an activating group) is 1. The molecule has 0 saturated carbocycles. The van der Waals surface area contributed by atoms with Gasteiger partial charge >= 0.3 is 0 Å². The lowest BCUT2D eigenvalue weighted by atomic mass is 10.2. The summed E-state index contributed by atoms with van der Waals surface area (Å²) in [6, 6.07) is 14.2. The lowest BCUT2D eigenvalue weighted by molar-refractivity contribution is -0.124. The number of aryl methyl sites for hydroxylation is 2. The monoisotopic (exact) mass is 408 g/mol. The van der Waals surface area contributed by atoms with Gasteiger partial charge in [-0.15, -0.1) is 0 Å². The summed E-state index contributed by atoms with van der Waals surface area (Å²) in [4.78, 5) is 14.2. The molecule has 0 radical (unpaired) electrons. The Morgan fingerprint density at radius 1 is 1.20 bits per heavy atom. The SMILES string of the molecule is Cc1cc(N(C)C(=O)[C@@H](C)Oc2ccc(Oc3ccc(C#N)cc3F)cc2)n(C)n1. The first-order valence-corrected chi connectivity index (χ1v) is 9.21. The van der Waals surface area contributed by atoms with Crippen molar-refractivity contribution >= 4 is 11.7 Å². The Morgan fingerprint density at radius 3 is 2.43 bits per heavy atom. The van der Waals surface area contributed by atoms with Crippen LogP contribution in [0.2, 0.25) is 0 Å². The normalized spacial score (nSPS) is 11.5. The standard InChI is InChI=1S/C22H21FN4O3/c1-14-11-21(27(4)25-14)26(3)22(28)15(2)29-17-6-8-18(9-7-17)30-20-10-5-16(13-24)12-19(20)23/h5-12,15H,1-4H3/t15-/m1/s1. The summed E-state index contributed by atoms with van der Waals surface area (Å²) in [7, 11) is 3.44. The van der Waals surface area contributed by atoms with Gasteiger partial charge in [0.2, 0.25) is 0 Å². The van der Waals surface area contributed by atoms with E-state index in [0.717, 1.165) is 11.8 Å². The second-order valence-electron chi connectivity index (χ2n) is 6.76. The molecule has 0 aliphatic rings. The minimum atomic E-state index is -0.729. The lowest BCUT2D eigenvalue weighted by Gasteiger charge is -2.22. The number of rotatable bonds is 6. The Bertz CT molecular complexity index is 1100. The van der Waals surface area contributed by atoms with E-state index in [2.05, 4.69) is 5.10 Å². The summed E-state index contributed by atoms with van der Waals surface area (Å²) >= 11 is 0. The number of nitriles is 1. The van der Waals surface area contributed by atoms with Gasteiger partial charge in [0.1, 0.15) is 17.3 Å². The number of hydrogen-bond donors (Lipinski definition) is 0. The van der Waals surface area contributed by atoms with Crippen LogP contribution in [0.3, 0.4) is 0 Å². The van der Waals surface area contributed by atoms with E-state index in [1.165, 1.54) is 17.0 Å². The van der Waals surface area contributed by atoms with Crippen LogP contribution in [0.15, 0.2) is 48.5 Å². The molecule has 3 aromatic rings. The Kier molecular flexibility index (Phi) is 6.02. The van der Waals surface area contributed by atoms with E-state index in [1.54, 1.807) is 50.0 Å². The summed E-state index contributed by atoms with van der Waals surface area (Å²) in [6.45, 7) is 3.52. The third-order valence-corrected chi connectivity index (χ3v) is 4.42. The topological polar surface area (TPSA) is 80.4 Å². The van der Waals surface area contributed by atoms with Crippen molar-refractivity contribution in [3.05, 3.63) is 65.6 Å². The van der Waals surface area contributed by atoms with Crippen LogP contribution in [0.5, 0.6) is 17.2 Å². The minimum absolute atomic E-state index is 0.0132. The van der Waals surface area contributed by atoms with Crippen molar-refractivity contribution < 1.29 is 18.7 Å². The molecule has 0 spiro atoms. The summed E-state index contributed by atoms with van der Waals surface area (Å²) in [5.74, 6) is 0.700. The van der Waals surface area contributed by atoms with Crippen LogP contribution >= 0.6 is 0 Å². The maximum Gasteiger partial charge on any atom is 0.268 e. The van der Waals surface area contributed by atoms with E-state index < -0.39 is 11.9 Å². The molecule has 8 heteroatoms. The van der Waals surface area contributed by atoms with Crippen LogP contribution in [0, 0.1) is 24.1 Å². The molecule has 2 aromatic carbocycles. The van der Waals surface area contributed by atoms with E-state index >= 15 is 0 Å². The molecule has 0 aliphatic heterocycles. The number of halogens is 1. The molecule has 1 atom stereocenters. The van der Waals surface area contributed by atoms with Gasteiger partial charge in [0.25, 0.3) is 5.91 Å². The number of benzene rings is 2. The number of anilines is 1. The number of carbonyl (C=O) groups is 1. The molecule has 1 heterocycles. The van der Waals surface area contributed by atoms with E-state index in [9.17, 15) is 9.18 Å². The zero-order valence-corrected chi connectivity index (χ0v) is 17.1. The molecular weight excluding hydrogens is 387 g/mol. The highest BCUT2D eigenvalue weighted by atomic mass is 19.1. The maximum atomic E-state index is 14.0. The van der Waals surface area contributed by atoms with Crippen molar-refractivity contribution in [1.82, 2.24) is 9.78 Å². The summed E-state index contributed by atoms with van der Waals surface area (Å²) in [5.41, 5.74) is 1.03. The van der Waals surface area contributed by atoms with Gasteiger partial charge in [0, 0.05) is 20.2 Å². The fourth-order valence-corrected chi connectivity index (χ4v) is 2.92. The molecule has 3 rings (SSSR count). The molecule has 0 unspecified atom stereocenters. The van der Waals surface area contributed by atoms with E-state index in [4.69, 9.17) is 14.7 Å². The molecule has 0 N–H and O–H groups in total. The second kappa shape index (κ2) is 8.66. The van der Waals surface area contributed by atoms with Gasteiger partial charge < -0.3 is 9.47 Å². The first-order valence-electron chi connectivity index (χ1n) is 9.21. The Balaban J connectivity index is 1.64. The maximum absolute atomic E-state index is 14.0. The van der Waals surface area contributed by atoms with Crippen LogP contribution in [-0.2, 0) is 11.8 Å². The Labute approximate surface area is 173 Å². The Hall–Kier alpha value is -3.86. The van der Waals surface area contributed by atoms with Gasteiger partial charge in [0.15, 0.2) is 17.7 Å². The van der Waals surface area contributed by atoms with Crippen molar-refractivity contribution in [2.45, 2.75) is 20.0 Å². The molecule has 0 bridgehead atoms. The fourth-order valence-electron chi connectivity index (χ4n) is 2.92. The predicted molar refractivity (Wildman–Crippen MR) is 109 cm³/mol. The molecule has 154 valence electrons. The molecule has 1 aromatic heterocycles. The van der Waals surface area contributed by atoms with Gasteiger partial charge in [-0.1, -0.05) is 0 Å². The number of hydrogen-bond acceptors (Lipinski definition) is 5. The quantitative estimate of drug-likeness (QED) is 0.617. The van der Waals surface area contributed by atoms with Crippen LogP contribution in [0.4, 0.5) is 10.2 Å². The van der Waals surface area contributed by atoms with E-state index in [1.807, 2.05) is 19.1 Å². The number of nitrogens with zero attached hydrogens (tertiary/aromatic N) is 4. The molecular formula is C22H21FN4O3. The van der Waals surface area contributed by atoms with Crippen molar-refractivity contribution in [3.63, 3.8) is 0 Å². The van der Waals surface area contributed by atoms with E-state index in [0.29, 0.717) is 17.3 Å². The third kappa shape index (κ3) is 4.58. The number of ether oxygens (including phenoxy) is 2. The zero-order chi connectivity index (χ0) is 21.8.